The fraction of sp³-hybridized carbons (Fsp3) is 0.325. The molecule has 0 unspecified atom stereocenters. The lowest BCUT2D eigenvalue weighted by molar-refractivity contribution is 0.334. The lowest BCUT2D eigenvalue weighted by Crippen LogP contribution is -2.20. The van der Waals surface area contributed by atoms with Crippen LogP contribution in [0.15, 0.2) is 85.6 Å². The molecule has 1 aliphatic carbocycles. The molecule has 1 saturated carbocycles. The quantitative estimate of drug-likeness (QED) is 0.139. The first-order valence-electron chi connectivity index (χ1n) is 17.5. The van der Waals surface area contributed by atoms with Crippen LogP contribution in [-0.4, -0.2) is 49.7 Å². The Morgan fingerprint density at radius 2 is 1.69 bits per heavy atom. The van der Waals surface area contributed by atoms with Gasteiger partial charge in [-0.1, -0.05) is 38.0 Å². The Balaban J connectivity index is 1.07. The minimum atomic E-state index is -0.214. The van der Waals surface area contributed by atoms with Gasteiger partial charge >= 0.3 is 0 Å². The maximum atomic E-state index is 14.9. The van der Waals surface area contributed by atoms with Gasteiger partial charge in [-0.3, -0.25) is 15.1 Å². The summed E-state index contributed by atoms with van der Waals surface area (Å²) in [4.78, 5) is 15.1. The van der Waals surface area contributed by atoms with Gasteiger partial charge in [0.05, 0.1) is 34.8 Å². The summed E-state index contributed by atoms with van der Waals surface area (Å²) in [6.07, 6.45) is 18.2. The molecule has 2 aromatic carbocycles. The molecule has 8 heteroatoms. The maximum Gasteiger partial charge on any atom is 0.124 e. The Kier molecular flexibility index (Phi) is 8.49. The highest BCUT2D eigenvalue weighted by Gasteiger charge is 2.18. The van der Waals surface area contributed by atoms with Crippen molar-refractivity contribution in [3.05, 3.63) is 97.0 Å². The smallest absolute Gasteiger partial charge is 0.124 e. The normalized spacial score (nSPS) is 15.9. The molecule has 0 bridgehead atoms. The predicted molar refractivity (Wildman–Crippen MR) is 193 cm³/mol. The number of nitrogens with zero attached hydrogens (tertiary/aromatic N) is 4. The number of pyridine rings is 2. The fourth-order valence-corrected chi connectivity index (χ4v) is 7.68. The number of H-pyrrole nitrogens is 2. The van der Waals surface area contributed by atoms with Crippen LogP contribution >= 0.6 is 0 Å². The van der Waals surface area contributed by atoms with Crippen molar-refractivity contribution in [1.29, 1.82) is 0 Å². The lowest BCUT2D eigenvalue weighted by Gasteiger charge is -2.24. The minimum Gasteiger partial charge on any atom is -0.358 e. The molecule has 4 aromatic heterocycles. The Labute approximate surface area is 280 Å². The van der Waals surface area contributed by atoms with E-state index in [1.165, 1.54) is 58.0 Å². The molecule has 1 saturated heterocycles. The van der Waals surface area contributed by atoms with Crippen molar-refractivity contribution in [2.24, 2.45) is 5.92 Å². The summed E-state index contributed by atoms with van der Waals surface area (Å²) in [5.74, 6) is 0.307. The van der Waals surface area contributed by atoms with E-state index in [1.807, 2.05) is 24.8 Å². The Hall–Kier alpha value is -4.82. The van der Waals surface area contributed by atoms with Gasteiger partial charge in [0.25, 0.3) is 0 Å². The summed E-state index contributed by atoms with van der Waals surface area (Å²) in [6.45, 7) is 7.79. The fourth-order valence-electron chi connectivity index (χ4n) is 7.68. The Morgan fingerprint density at radius 3 is 2.56 bits per heavy atom. The van der Waals surface area contributed by atoms with Crippen molar-refractivity contribution in [1.82, 2.24) is 30.0 Å². The largest absolute Gasteiger partial charge is 0.358 e. The molecule has 0 amide bonds. The van der Waals surface area contributed by atoms with Crippen molar-refractivity contribution in [3.8, 4) is 33.6 Å². The highest BCUT2D eigenvalue weighted by molar-refractivity contribution is 6.01. The lowest BCUT2D eigenvalue weighted by atomic mass is 9.87. The summed E-state index contributed by atoms with van der Waals surface area (Å²) in [5.41, 5.74) is 10.4. The van der Waals surface area contributed by atoms with Crippen LogP contribution < -0.4 is 5.32 Å². The third kappa shape index (κ3) is 6.37. The molecule has 8 rings (SSSR count). The van der Waals surface area contributed by atoms with E-state index in [0.29, 0.717) is 5.92 Å². The van der Waals surface area contributed by atoms with Gasteiger partial charge in [0.2, 0.25) is 0 Å². The molecular formula is C40H42FN7. The van der Waals surface area contributed by atoms with Crippen molar-refractivity contribution < 1.29 is 4.39 Å². The van der Waals surface area contributed by atoms with E-state index in [0.717, 1.165) is 91.8 Å². The maximum absolute atomic E-state index is 14.9. The number of aromatic nitrogens is 5. The second-order valence-electron chi connectivity index (χ2n) is 13.6. The van der Waals surface area contributed by atoms with E-state index < -0.39 is 0 Å². The average Bonchev–Trinajstić information content (AvgIpc) is 3.88. The number of anilines is 1. The summed E-state index contributed by atoms with van der Waals surface area (Å²) in [6, 6.07) is 16.0. The van der Waals surface area contributed by atoms with Crippen molar-refractivity contribution >= 4 is 27.5 Å². The Morgan fingerprint density at radius 1 is 0.833 bits per heavy atom. The van der Waals surface area contributed by atoms with E-state index >= 15 is 0 Å². The zero-order valence-corrected chi connectivity index (χ0v) is 27.4. The number of aryl methyl sites for hydroxylation is 1. The molecule has 5 heterocycles. The topological polar surface area (TPSA) is 85.5 Å². The number of aromatic amines is 2. The molecule has 48 heavy (non-hydrogen) atoms. The molecule has 0 atom stereocenters. The van der Waals surface area contributed by atoms with E-state index in [1.54, 1.807) is 12.1 Å². The molecule has 6 aromatic rings. The van der Waals surface area contributed by atoms with Gasteiger partial charge in [0, 0.05) is 40.0 Å². The van der Waals surface area contributed by atoms with Crippen LogP contribution in [0, 0.1) is 11.7 Å². The standard InChI is InChI=1S/C40H42FN7/c1-26(28-9-3-2-4-10-28)44-33-19-31(22-42-23-33)29-11-12-37-35(20-29)40(47-46-37)38-21-34-36(24-43-25-39(34)45-38)30-16-27(17-32(41)18-30)8-7-15-48-13-5-6-14-48/h11-12,16-25,28,44-45H,1-10,13-15H2,(H,46,47). The third-order valence-electron chi connectivity index (χ3n) is 10.2. The molecule has 7 nitrogen and oxygen atoms in total. The van der Waals surface area contributed by atoms with Crippen molar-refractivity contribution in [2.75, 3.05) is 25.0 Å². The summed E-state index contributed by atoms with van der Waals surface area (Å²) in [7, 11) is 0. The van der Waals surface area contributed by atoms with Crippen LogP contribution in [0.4, 0.5) is 10.1 Å². The zero-order chi connectivity index (χ0) is 32.5. The first kappa shape index (κ1) is 30.5. The molecule has 1 aliphatic heterocycles. The van der Waals surface area contributed by atoms with Crippen LogP contribution in [0.25, 0.3) is 55.4 Å². The molecule has 0 spiro atoms. The SMILES string of the molecule is C=C(Nc1cncc(-c2ccc3[nH]nc(-c4cc5c(-c6cc(F)cc(CCCN7CCCC7)c6)cncc5[nH]4)c3c2)c1)C1CCCCC1. The predicted octanol–water partition coefficient (Wildman–Crippen LogP) is 9.51. The first-order chi connectivity index (χ1) is 23.6. The van der Waals surface area contributed by atoms with Crippen molar-refractivity contribution in [3.63, 3.8) is 0 Å². The molecule has 2 aliphatic rings. The third-order valence-corrected chi connectivity index (χ3v) is 10.2. The first-order valence-corrected chi connectivity index (χ1v) is 17.5. The molecule has 0 radical (unpaired) electrons. The number of nitrogens with one attached hydrogen (secondary N) is 3. The number of hydrogen-bond donors (Lipinski definition) is 3. The molecule has 244 valence electrons. The van der Waals surface area contributed by atoms with Crippen LogP contribution in [-0.2, 0) is 6.42 Å². The summed E-state index contributed by atoms with van der Waals surface area (Å²) >= 11 is 0. The number of likely N-dealkylation sites (tertiary alicyclic amines) is 1. The van der Waals surface area contributed by atoms with Crippen LogP contribution in [0.2, 0.25) is 0 Å². The summed E-state index contributed by atoms with van der Waals surface area (Å²) in [5, 5.41) is 13.5. The highest BCUT2D eigenvalue weighted by Crippen LogP contribution is 2.36. The van der Waals surface area contributed by atoms with Gasteiger partial charge in [-0.05, 0) is 117 Å². The van der Waals surface area contributed by atoms with Gasteiger partial charge in [-0.2, -0.15) is 5.10 Å². The van der Waals surface area contributed by atoms with E-state index in [4.69, 9.17) is 5.10 Å². The monoisotopic (exact) mass is 639 g/mol. The van der Waals surface area contributed by atoms with E-state index in [-0.39, 0.29) is 5.82 Å². The number of halogens is 1. The van der Waals surface area contributed by atoms with Gasteiger partial charge in [-0.15, -0.1) is 0 Å². The van der Waals surface area contributed by atoms with Crippen LogP contribution in [0.5, 0.6) is 0 Å². The number of benzene rings is 2. The minimum absolute atomic E-state index is 0.214. The number of allylic oxidation sites excluding steroid dienone is 1. The van der Waals surface area contributed by atoms with Crippen LogP contribution in [0.3, 0.4) is 0 Å². The molecular weight excluding hydrogens is 597 g/mol. The second kappa shape index (κ2) is 13.4. The van der Waals surface area contributed by atoms with E-state index in [9.17, 15) is 4.39 Å². The van der Waals surface area contributed by atoms with Crippen LogP contribution in [0.1, 0.15) is 56.9 Å². The number of fused-ring (bicyclic) bond motifs is 2. The Bertz CT molecular complexity index is 2080. The highest BCUT2D eigenvalue weighted by atomic mass is 19.1. The zero-order valence-electron chi connectivity index (χ0n) is 27.4. The molecule has 2 fully saturated rings. The van der Waals surface area contributed by atoms with Gasteiger partial charge in [0.15, 0.2) is 0 Å². The van der Waals surface area contributed by atoms with E-state index in [2.05, 4.69) is 73.2 Å². The number of hydrogen-bond acceptors (Lipinski definition) is 5. The number of rotatable bonds is 10. The average molecular weight is 640 g/mol. The summed E-state index contributed by atoms with van der Waals surface area (Å²) < 4.78 is 14.9. The van der Waals surface area contributed by atoms with Crippen molar-refractivity contribution in [2.45, 2.75) is 57.8 Å². The van der Waals surface area contributed by atoms with Gasteiger partial charge in [0.1, 0.15) is 11.5 Å². The van der Waals surface area contributed by atoms with Gasteiger partial charge < -0.3 is 15.2 Å². The van der Waals surface area contributed by atoms with Gasteiger partial charge in [-0.25, -0.2) is 4.39 Å². The molecule has 3 N–H and O–H groups in total. The second-order valence-corrected chi connectivity index (χ2v) is 13.6.